The van der Waals surface area contributed by atoms with Gasteiger partial charge in [-0.1, -0.05) is 0 Å². The highest BCUT2D eigenvalue weighted by Crippen LogP contribution is 2.26. The average molecular weight is 208 g/mol. The van der Waals surface area contributed by atoms with Crippen molar-refractivity contribution in [3.8, 4) is 5.75 Å². The largest absolute Gasteiger partial charge is 0.506 e. The van der Waals surface area contributed by atoms with Gasteiger partial charge in [-0.3, -0.25) is 9.59 Å². The van der Waals surface area contributed by atoms with Gasteiger partial charge in [0, 0.05) is 25.6 Å². The summed E-state index contributed by atoms with van der Waals surface area (Å²) in [5.41, 5.74) is 0.797. The van der Waals surface area contributed by atoms with E-state index in [1.807, 2.05) is 0 Å². The third-order valence-electron chi connectivity index (χ3n) is 1.63. The van der Waals surface area contributed by atoms with Gasteiger partial charge in [-0.05, 0) is 12.1 Å². The fourth-order valence-corrected chi connectivity index (χ4v) is 1.11. The summed E-state index contributed by atoms with van der Waals surface area (Å²) in [6.45, 7) is 2.72. The Labute approximate surface area is 87.1 Å². The molecule has 0 unspecified atom stereocenters. The monoisotopic (exact) mass is 208 g/mol. The van der Waals surface area contributed by atoms with E-state index >= 15 is 0 Å². The van der Waals surface area contributed by atoms with E-state index in [1.165, 1.54) is 26.0 Å². The van der Waals surface area contributed by atoms with Crippen LogP contribution in [-0.4, -0.2) is 16.9 Å². The van der Waals surface area contributed by atoms with Crippen molar-refractivity contribution in [3.63, 3.8) is 0 Å². The number of benzene rings is 1. The Morgan fingerprint density at radius 3 is 2.20 bits per heavy atom. The predicted octanol–water partition coefficient (Wildman–Crippen LogP) is 1.31. The van der Waals surface area contributed by atoms with Crippen LogP contribution in [0.2, 0.25) is 0 Å². The molecule has 80 valence electrons. The van der Waals surface area contributed by atoms with Gasteiger partial charge < -0.3 is 15.7 Å². The lowest BCUT2D eigenvalue weighted by atomic mass is 10.2. The van der Waals surface area contributed by atoms with Gasteiger partial charge in [-0.25, -0.2) is 0 Å². The molecule has 1 aromatic carbocycles. The van der Waals surface area contributed by atoms with Crippen molar-refractivity contribution in [2.75, 3.05) is 10.6 Å². The molecule has 1 aromatic rings. The van der Waals surface area contributed by atoms with Gasteiger partial charge in [0.15, 0.2) is 0 Å². The molecule has 5 heteroatoms. The zero-order valence-electron chi connectivity index (χ0n) is 8.50. The SMILES string of the molecule is CC(=O)Nc1ccc(NC(C)=O)c(O)c1. The van der Waals surface area contributed by atoms with E-state index in [2.05, 4.69) is 10.6 Å². The Morgan fingerprint density at radius 2 is 1.73 bits per heavy atom. The lowest BCUT2D eigenvalue weighted by molar-refractivity contribution is -0.115. The van der Waals surface area contributed by atoms with E-state index in [9.17, 15) is 14.7 Å². The zero-order chi connectivity index (χ0) is 11.4. The topological polar surface area (TPSA) is 78.4 Å². The summed E-state index contributed by atoms with van der Waals surface area (Å²) in [6.07, 6.45) is 0. The minimum absolute atomic E-state index is 0.0866. The molecule has 0 aromatic heterocycles. The van der Waals surface area contributed by atoms with Crippen LogP contribution in [0, 0.1) is 0 Å². The average Bonchev–Trinajstić information content (AvgIpc) is 2.08. The van der Waals surface area contributed by atoms with Crippen LogP contribution in [0.25, 0.3) is 0 Å². The van der Waals surface area contributed by atoms with E-state index in [4.69, 9.17) is 0 Å². The Kier molecular flexibility index (Phi) is 3.28. The lowest BCUT2D eigenvalue weighted by Gasteiger charge is -2.07. The van der Waals surface area contributed by atoms with E-state index in [-0.39, 0.29) is 17.6 Å². The minimum Gasteiger partial charge on any atom is -0.506 e. The van der Waals surface area contributed by atoms with Crippen molar-refractivity contribution in [1.29, 1.82) is 0 Å². The first-order valence-electron chi connectivity index (χ1n) is 4.37. The van der Waals surface area contributed by atoms with Crippen LogP contribution >= 0.6 is 0 Å². The molecule has 2 amide bonds. The van der Waals surface area contributed by atoms with Crippen molar-refractivity contribution in [2.24, 2.45) is 0 Å². The number of nitrogens with one attached hydrogen (secondary N) is 2. The molecule has 0 aliphatic heterocycles. The molecule has 0 fully saturated rings. The first-order chi connectivity index (χ1) is 6.99. The normalized spacial score (nSPS) is 9.47. The van der Waals surface area contributed by atoms with Crippen LogP contribution < -0.4 is 10.6 Å². The van der Waals surface area contributed by atoms with Gasteiger partial charge in [0.25, 0.3) is 0 Å². The molecule has 0 saturated carbocycles. The molecule has 0 saturated heterocycles. The summed E-state index contributed by atoms with van der Waals surface area (Å²) >= 11 is 0. The van der Waals surface area contributed by atoms with Gasteiger partial charge in [0.1, 0.15) is 5.75 Å². The van der Waals surface area contributed by atoms with Gasteiger partial charge in [0.05, 0.1) is 5.69 Å². The Hall–Kier alpha value is -2.04. The molecule has 0 spiro atoms. The van der Waals surface area contributed by atoms with E-state index in [1.54, 1.807) is 6.07 Å². The zero-order valence-corrected chi connectivity index (χ0v) is 8.50. The summed E-state index contributed by atoms with van der Waals surface area (Å²) in [7, 11) is 0. The predicted molar refractivity (Wildman–Crippen MR) is 56.7 cm³/mol. The van der Waals surface area contributed by atoms with Crippen molar-refractivity contribution in [3.05, 3.63) is 18.2 Å². The van der Waals surface area contributed by atoms with Crippen molar-refractivity contribution in [2.45, 2.75) is 13.8 Å². The summed E-state index contributed by atoms with van der Waals surface area (Å²) in [5, 5.41) is 14.5. The third kappa shape index (κ3) is 3.30. The highest BCUT2D eigenvalue weighted by molar-refractivity contribution is 5.92. The molecular weight excluding hydrogens is 196 g/mol. The minimum atomic E-state index is -0.266. The molecule has 1 rings (SSSR count). The number of amides is 2. The maximum absolute atomic E-state index is 10.7. The number of aromatic hydroxyl groups is 1. The van der Waals surface area contributed by atoms with Gasteiger partial charge in [0.2, 0.25) is 11.8 Å². The first-order valence-corrected chi connectivity index (χ1v) is 4.37. The highest BCUT2D eigenvalue weighted by Gasteiger charge is 2.04. The van der Waals surface area contributed by atoms with E-state index < -0.39 is 0 Å². The second kappa shape index (κ2) is 4.45. The van der Waals surface area contributed by atoms with Crippen molar-refractivity contribution >= 4 is 23.2 Å². The first kappa shape index (κ1) is 11.0. The molecular formula is C10H12N2O3. The van der Waals surface area contributed by atoms with E-state index in [0.29, 0.717) is 11.4 Å². The fraction of sp³-hybridized carbons (Fsp3) is 0.200. The lowest BCUT2D eigenvalue weighted by Crippen LogP contribution is -2.08. The highest BCUT2D eigenvalue weighted by atomic mass is 16.3. The van der Waals surface area contributed by atoms with Crippen LogP contribution in [-0.2, 0) is 9.59 Å². The van der Waals surface area contributed by atoms with Crippen molar-refractivity contribution in [1.82, 2.24) is 0 Å². The third-order valence-corrected chi connectivity index (χ3v) is 1.63. The summed E-state index contributed by atoms with van der Waals surface area (Å²) in [5.74, 6) is -0.573. The van der Waals surface area contributed by atoms with Crippen LogP contribution in [0.5, 0.6) is 5.75 Å². The van der Waals surface area contributed by atoms with Crippen LogP contribution in [0.4, 0.5) is 11.4 Å². The maximum Gasteiger partial charge on any atom is 0.221 e. The van der Waals surface area contributed by atoms with Crippen LogP contribution in [0.3, 0.4) is 0 Å². The van der Waals surface area contributed by atoms with E-state index in [0.717, 1.165) is 0 Å². The van der Waals surface area contributed by atoms with Crippen LogP contribution in [0.1, 0.15) is 13.8 Å². The number of hydrogen-bond donors (Lipinski definition) is 3. The van der Waals surface area contributed by atoms with Gasteiger partial charge >= 0.3 is 0 Å². The van der Waals surface area contributed by atoms with Crippen LogP contribution in [0.15, 0.2) is 18.2 Å². The second-order valence-corrected chi connectivity index (χ2v) is 3.09. The Balaban J connectivity index is 2.87. The summed E-state index contributed by atoms with van der Waals surface area (Å²) in [4.78, 5) is 21.5. The maximum atomic E-state index is 10.7. The number of anilines is 2. The standard InChI is InChI=1S/C10H12N2O3/c1-6(13)11-8-3-4-9(10(15)5-8)12-7(2)14/h3-5,15H,1-2H3,(H,11,13)(H,12,14). The molecule has 0 heterocycles. The number of carbonyl (C=O) groups is 2. The van der Waals surface area contributed by atoms with Gasteiger partial charge in [-0.2, -0.15) is 0 Å². The number of hydrogen-bond acceptors (Lipinski definition) is 3. The molecule has 0 aliphatic rings. The molecule has 0 aliphatic carbocycles. The number of carbonyl (C=O) groups excluding carboxylic acids is 2. The number of phenolic OH excluding ortho intramolecular Hbond substituents is 1. The number of phenols is 1. The Bertz CT molecular complexity index is 402. The quantitative estimate of drug-likeness (QED) is 0.641. The Morgan fingerprint density at radius 1 is 1.13 bits per heavy atom. The summed E-state index contributed by atoms with van der Waals surface area (Å²) in [6, 6.07) is 4.47. The molecule has 3 N–H and O–H groups in total. The van der Waals surface area contributed by atoms with Crippen molar-refractivity contribution < 1.29 is 14.7 Å². The fourth-order valence-electron chi connectivity index (χ4n) is 1.11. The molecule has 15 heavy (non-hydrogen) atoms. The molecule has 5 nitrogen and oxygen atoms in total. The molecule has 0 atom stereocenters. The van der Waals surface area contributed by atoms with Gasteiger partial charge in [-0.15, -0.1) is 0 Å². The second-order valence-electron chi connectivity index (χ2n) is 3.09. The molecule has 0 bridgehead atoms. The molecule has 0 radical (unpaired) electrons. The number of rotatable bonds is 2. The summed E-state index contributed by atoms with van der Waals surface area (Å²) < 4.78 is 0. The smallest absolute Gasteiger partial charge is 0.221 e.